The molecule has 6 nitrogen and oxygen atoms in total. The smallest absolute Gasteiger partial charge is 0.255 e. The van der Waals surface area contributed by atoms with Gasteiger partial charge in [-0.15, -0.1) is 0 Å². The summed E-state index contributed by atoms with van der Waals surface area (Å²) < 4.78 is 0. The zero-order valence-corrected chi connectivity index (χ0v) is 17.8. The Morgan fingerprint density at radius 1 is 0.967 bits per heavy atom. The van der Waals surface area contributed by atoms with Crippen LogP contribution in [-0.2, 0) is 0 Å². The number of benzene rings is 2. The van der Waals surface area contributed by atoms with Gasteiger partial charge in [-0.2, -0.15) is 0 Å². The first-order valence-electron chi connectivity index (χ1n) is 10.1. The van der Waals surface area contributed by atoms with Gasteiger partial charge in [0.1, 0.15) is 0 Å². The molecule has 1 amide bonds. The lowest BCUT2D eigenvalue weighted by Gasteiger charge is -2.36. The molecule has 2 aliphatic rings. The Morgan fingerprint density at radius 2 is 1.67 bits per heavy atom. The summed E-state index contributed by atoms with van der Waals surface area (Å²) in [6.07, 6.45) is 2.33. The molecule has 154 valence electrons. The van der Waals surface area contributed by atoms with E-state index in [2.05, 4.69) is 10.2 Å². The Hall–Kier alpha value is -2.57. The lowest BCUT2D eigenvalue weighted by atomic mass is 10.1. The van der Waals surface area contributed by atoms with Crippen molar-refractivity contribution in [3.63, 3.8) is 0 Å². The third kappa shape index (κ3) is 3.89. The number of para-hydroxylation sites is 2. The first kappa shape index (κ1) is 19.4. The second-order valence-corrected chi connectivity index (χ2v) is 8.55. The average Bonchev–Trinajstić information content (AvgIpc) is 3.59. The molecule has 30 heavy (non-hydrogen) atoms. The van der Waals surface area contributed by atoms with Crippen molar-refractivity contribution in [2.75, 3.05) is 36.4 Å². The SMILES string of the molecule is O=C(c1cc(Cl)ccc1Cl)N1CCN(c2nc3ccccc3nc2NC2CC2)CC1. The molecule has 8 heteroatoms. The Labute approximate surface area is 184 Å². The van der Waals surface area contributed by atoms with Crippen molar-refractivity contribution >= 4 is 51.8 Å². The Balaban J connectivity index is 1.36. The monoisotopic (exact) mass is 441 g/mol. The highest BCUT2D eigenvalue weighted by atomic mass is 35.5. The van der Waals surface area contributed by atoms with Crippen LogP contribution in [0.1, 0.15) is 23.2 Å². The number of nitrogens with zero attached hydrogens (tertiary/aromatic N) is 4. The minimum Gasteiger partial charge on any atom is -0.364 e. The van der Waals surface area contributed by atoms with E-state index in [1.165, 1.54) is 0 Å². The fourth-order valence-electron chi connectivity index (χ4n) is 3.68. The number of carbonyl (C=O) groups is 1. The molecule has 3 aromatic rings. The normalized spacial score (nSPS) is 16.7. The fourth-order valence-corrected chi connectivity index (χ4v) is 4.05. The standard InChI is InChI=1S/C22H21Cl2N5O/c23-14-5-8-17(24)16(13-14)22(30)29-11-9-28(10-12-29)21-20(25-15-6-7-15)26-18-3-1-2-4-19(18)27-21/h1-5,8,13,15H,6-7,9-12H2,(H,25,26). The van der Waals surface area contributed by atoms with E-state index in [1.54, 1.807) is 18.2 Å². The summed E-state index contributed by atoms with van der Waals surface area (Å²) in [6, 6.07) is 13.4. The molecule has 2 aromatic carbocycles. The number of aromatic nitrogens is 2. The van der Waals surface area contributed by atoms with Gasteiger partial charge in [0.15, 0.2) is 11.6 Å². The van der Waals surface area contributed by atoms with Gasteiger partial charge in [-0.3, -0.25) is 4.79 Å². The minimum absolute atomic E-state index is 0.0944. The second-order valence-electron chi connectivity index (χ2n) is 7.71. The summed E-state index contributed by atoms with van der Waals surface area (Å²) in [5, 5.41) is 4.44. The molecule has 2 fully saturated rings. The predicted octanol–water partition coefficient (Wildman–Crippen LogP) is 4.47. The summed E-state index contributed by atoms with van der Waals surface area (Å²) in [5.74, 6) is 1.59. The first-order valence-corrected chi connectivity index (χ1v) is 10.9. The van der Waals surface area contributed by atoms with Gasteiger partial charge in [-0.05, 0) is 43.2 Å². The average molecular weight is 442 g/mol. The van der Waals surface area contributed by atoms with Crippen LogP contribution in [0.3, 0.4) is 0 Å². The molecule has 1 N–H and O–H groups in total. The predicted molar refractivity (Wildman–Crippen MR) is 121 cm³/mol. The molecular weight excluding hydrogens is 421 g/mol. The minimum atomic E-state index is -0.0944. The maximum absolute atomic E-state index is 12.9. The molecule has 1 aromatic heterocycles. The number of anilines is 2. The third-order valence-corrected chi connectivity index (χ3v) is 6.06. The quantitative estimate of drug-likeness (QED) is 0.646. The number of piperazine rings is 1. The molecule has 0 atom stereocenters. The van der Waals surface area contributed by atoms with Gasteiger partial charge in [0.2, 0.25) is 0 Å². The molecule has 0 unspecified atom stereocenters. The van der Waals surface area contributed by atoms with Crippen molar-refractivity contribution in [3.05, 3.63) is 58.1 Å². The van der Waals surface area contributed by atoms with E-state index in [-0.39, 0.29) is 5.91 Å². The highest BCUT2D eigenvalue weighted by Gasteiger charge is 2.28. The molecule has 0 spiro atoms. The van der Waals surface area contributed by atoms with Gasteiger partial charge < -0.3 is 15.1 Å². The number of amides is 1. The number of hydrogen-bond donors (Lipinski definition) is 1. The van der Waals surface area contributed by atoms with Crippen molar-refractivity contribution in [3.8, 4) is 0 Å². The molecule has 1 aliphatic heterocycles. The van der Waals surface area contributed by atoms with Crippen LogP contribution in [0.5, 0.6) is 0 Å². The molecule has 1 saturated carbocycles. The molecular formula is C22H21Cl2N5O. The van der Waals surface area contributed by atoms with E-state index in [0.29, 0.717) is 47.8 Å². The van der Waals surface area contributed by atoms with E-state index in [4.69, 9.17) is 33.2 Å². The van der Waals surface area contributed by atoms with E-state index >= 15 is 0 Å². The summed E-state index contributed by atoms with van der Waals surface area (Å²) in [5.41, 5.74) is 2.20. The van der Waals surface area contributed by atoms with Crippen molar-refractivity contribution in [1.82, 2.24) is 14.9 Å². The summed E-state index contributed by atoms with van der Waals surface area (Å²) >= 11 is 12.3. The van der Waals surface area contributed by atoms with Crippen LogP contribution in [0, 0.1) is 0 Å². The van der Waals surface area contributed by atoms with Crippen molar-refractivity contribution in [1.29, 1.82) is 0 Å². The Morgan fingerprint density at radius 3 is 2.37 bits per heavy atom. The zero-order valence-electron chi connectivity index (χ0n) is 16.3. The van der Waals surface area contributed by atoms with Crippen LogP contribution in [0.4, 0.5) is 11.6 Å². The van der Waals surface area contributed by atoms with Crippen LogP contribution in [0.2, 0.25) is 10.0 Å². The van der Waals surface area contributed by atoms with E-state index in [0.717, 1.165) is 35.5 Å². The zero-order chi connectivity index (χ0) is 20.7. The van der Waals surface area contributed by atoms with Gasteiger partial charge >= 0.3 is 0 Å². The van der Waals surface area contributed by atoms with Crippen molar-refractivity contribution < 1.29 is 4.79 Å². The molecule has 1 aliphatic carbocycles. The van der Waals surface area contributed by atoms with Gasteiger partial charge in [-0.25, -0.2) is 9.97 Å². The van der Waals surface area contributed by atoms with Crippen molar-refractivity contribution in [2.24, 2.45) is 0 Å². The van der Waals surface area contributed by atoms with Crippen LogP contribution >= 0.6 is 23.2 Å². The van der Waals surface area contributed by atoms with Crippen LogP contribution < -0.4 is 10.2 Å². The lowest BCUT2D eigenvalue weighted by molar-refractivity contribution is 0.0747. The number of hydrogen-bond acceptors (Lipinski definition) is 5. The molecule has 0 radical (unpaired) electrons. The Bertz CT molecular complexity index is 1110. The number of nitrogens with one attached hydrogen (secondary N) is 1. The lowest BCUT2D eigenvalue weighted by Crippen LogP contribution is -2.49. The molecule has 2 heterocycles. The van der Waals surface area contributed by atoms with Gasteiger partial charge in [0, 0.05) is 37.2 Å². The number of rotatable bonds is 4. The number of fused-ring (bicyclic) bond motifs is 1. The highest BCUT2D eigenvalue weighted by molar-refractivity contribution is 6.35. The maximum atomic E-state index is 12.9. The number of halogens is 2. The largest absolute Gasteiger partial charge is 0.364 e. The van der Waals surface area contributed by atoms with Gasteiger partial charge in [0.05, 0.1) is 21.6 Å². The topological polar surface area (TPSA) is 61.4 Å². The fraction of sp³-hybridized carbons (Fsp3) is 0.318. The molecule has 0 bridgehead atoms. The second kappa shape index (κ2) is 7.93. The van der Waals surface area contributed by atoms with Crippen LogP contribution in [0.15, 0.2) is 42.5 Å². The summed E-state index contributed by atoms with van der Waals surface area (Å²) in [4.78, 5) is 26.7. The van der Waals surface area contributed by atoms with Crippen molar-refractivity contribution in [2.45, 2.75) is 18.9 Å². The maximum Gasteiger partial charge on any atom is 0.255 e. The van der Waals surface area contributed by atoms with E-state index in [9.17, 15) is 4.79 Å². The highest BCUT2D eigenvalue weighted by Crippen LogP contribution is 2.31. The molecule has 1 saturated heterocycles. The van der Waals surface area contributed by atoms with E-state index in [1.807, 2.05) is 29.2 Å². The van der Waals surface area contributed by atoms with Crippen LogP contribution in [0.25, 0.3) is 11.0 Å². The van der Waals surface area contributed by atoms with Crippen LogP contribution in [-0.4, -0.2) is 53.0 Å². The molecule has 5 rings (SSSR count). The van der Waals surface area contributed by atoms with Gasteiger partial charge in [-0.1, -0.05) is 35.3 Å². The first-order chi connectivity index (χ1) is 14.6. The van der Waals surface area contributed by atoms with E-state index < -0.39 is 0 Å². The summed E-state index contributed by atoms with van der Waals surface area (Å²) in [6.45, 7) is 2.52. The third-order valence-electron chi connectivity index (χ3n) is 5.50. The van der Waals surface area contributed by atoms with Gasteiger partial charge in [0.25, 0.3) is 5.91 Å². The Kier molecular flexibility index (Phi) is 5.13. The number of carbonyl (C=O) groups excluding carboxylic acids is 1. The summed E-state index contributed by atoms with van der Waals surface area (Å²) in [7, 11) is 0.